The molecule has 4 aliphatic carbocycles. The summed E-state index contributed by atoms with van der Waals surface area (Å²) < 4.78 is 6.08. The summed E-state index contributed by atoms with van der Waals surface area (Å²) in [4.78, 5) is 2.44. The summed E-state index contributed by atoms with van der Waals surface area (Å²) >= 11 is 0. The van der Waals surface area contributed by atoms with E-state index in [2.05, 4.69) is 4.90 Å². The Kier molecular flexibility index (Phi) is 4.99. The molecular formula is C20H35NO2. The van der Waals surface area contributed by atoms with Crippen molar-refractivity contribution in [3.8, 4) is 0 Å². The summed E-state index contributed by atoms with van der Waals surface area (Å²) in [6.45, 7) is 4.57. The summed E-state index contributed by atoms with van der Waals surface area (Å²) in [5.41, 5.74) is 0.483. The smallest absolute Gasteiger partial charge is 0.0900 e. The lowest BCUT2D eigenvalue weighted by Gasteiger charge is -2.56. The van der Waals surface area contributed by atoms with Gasteiger partial charge >= 0.3 is 0 Å². The Balaban J connectivity index is 1.21. The monoisotopic (exact) mass is 321 g/mol. The molecule has 132 valence electrons. The number of β-amino-alcohol motifs (C(OH)–C–C–N with tert-alkyl or cyclic N) is 1. The minimum atomic E-state index is -0.304. The van der Waals surface area contributed by atoms with E-state index in [4.69, 9.17) is 4.74 Å². The zero-order valence-electron chi connectivity index (χ0n) is 14.7. The molecule has 0 aromatic carbocycles. The van der Waals surface area contributed by atoms with E-state index in [1.54, 1.807) is 0 Å². The molecule has 1 heterocycles. The van der Waals surface area contributed by atoms with Gasteiger partial charge in [-0.15, -0.1) is 0 Å². The zero-order valence-corrected chi connectivity index (χ0v) is 14.7. The van der Waals surface area contributed by atoms with Crippen LogP contribution in [-0.2, 0) is 4.74 Å². The minimum absolute atomic E-state index is 0.304. The molecule has 0 unspecified atom stereocenters. The van der Waals surface area contributed by atoms with E-state index in [0.29, 0.717) is 12.0 Å². The fourth-order valence-corrected chi connectivity index (χ4v) is 6.55. The van der Waals surface area contributed by atoms with Crippen LogP contribution in [0.3, 0.4) is 0 Å². The van der Waals surface area contributed by atoms with Gasteiger partial charge in [-0.1, -0.05) is 12.8 Å². The molecule has 3 nitrogen and oxygen atoms in total. The number of likely N-dealkylation sites (tertiary alicyclic amines) is 1. The summed E-state index contributed by atoms with van der Waals surface area (Å²) in [5.74, 6) is 2.98. The molecule has 1 aliphatic heterocycles. The third kappa shape index (κ3) is 3.93. The summed E-state index contributed by atoms with van der Waals surface area (Å²) in [5, 5.41) is 10.3. The molecule has 5 aliphatic rings. The molecular weight excluding hydrogens is 286 g/mol. The van der Waals surface area contributed by atoms with E-state index in [1.165, 1.54) is 64.2 Å². The van der Waals surface area contributed by atoms with Gasteiger partial charge in [0.2, 0.25) is 0 Å². The highest BCUT2D eigenvalue weighted by Crippen LogP contribution is 2.60. The van der Waals surface area contributed by atoms with Crippen LogP contribution in [-0.4, -0.2) is 49.0 Å². The van der Waals surface area contributed by atoms with E-state index in [-0.39, 0.29) is 6.10 Å². The fourth-order valence-electron chi connectivity index (χ4n) is 6.55. The van der Waals surface area contributed by atoms with Gasteiger partial charge in [0.05, 0.1) is 19.3 Å². The fraction of sp³-hybridized carbons (Fsp3) is 1.00. The maximum atomic E-state index is 10.3. The molecule has 3 heteroatoms. The quantitative estimate of drug-likeness (QED) is 0.813. The predicted octanol–water partition coefficient (Wildman–Crippen LogP) is 3.46. The number of aliphatic hydroxyl groups excluding tert-OH is 1. The summed E-state index contributed by atoms with van der Waals surface area (Å²) in [6, 6.07) is 0. The highest BCUT2D eigenvalue weighted by atomic mass is 16.5. The number of hydrogen-bond donors (Lipinski definition) is 1. The first kappa shape index (κ1) is 16.4. The van der Waals surface area contributed by atoms with Gasteiger partial charge in [-0.2, -0.15) is 0 Å². The average molecular weight is 322 g/mol. The Hall–Kier alpha value is -0.120. The van der Waals surface area contributed by atoms with Gasteiger partial charge in [-0.3, -0.25) is 0 Å². The Morgan fingerprint density at radius 3 is 2.04 bits per heavy atom. The SMILES string of the molecule is O[C@@H](COCC12CC3CC(CC(C3)C1)C2)CN1CCCCCC1. The average Bonchev–Trinajstić information content (AvgIpc) is 2.74. The van der Waals surface area contributed by atoms with Gasteiger partial charge in [0.25, 0.3) is 0 Å². The van der Waals surface area contributed by atoms with Crippen LogP contribution in [0.1, 0.15) is 64.2 Å². The van der Waals surface area contributed by atoms with E-state index in [1.807, 2.05) is 0 Å². The maximum Gasteiger partial charge on any atom is 0.0900 e. The van der Waals surface area contributed by atoms with Crippen LogP contribution in [0.25, 0.3) is 0 Å². The number of rotatable bonds is 6. The Morgan fingerprint density at radius 2 is 1.48 bits per heavy atom. The molecule has 4 bridgehead atoms. The summed E-state index contributed by atoms with van der Waals surface area (Å²) in [6.07, 6.45) is 13.7. The largest absolute Gasteiger partial charge is 0.389 e. The first-order chi connectivity index (χ1) is 11.2. The van der Waals surface area contributed by atoms with Crippen LogP contribution in [0.4, 0.5) is 0 Å². The molecule has 0 amide bonds. The van der Waals surface area contributed by atoms with Crippen LogP contribution in [0.2, 0.25) is 0 Å². The predicted molar refractivity (Wildman–Crippen MR) is 92.3 cm³/mol. The number of hydrogen-bond acceptors (Lipinski definition) is 3. The van der Waals surface area contributed by atoms with Crippen molar-refractivity contribution in [3.63, 3.8) is 0 Å². The number of ether oxygens (including phenoxy) is 1. The Labute approximate surface area is 141 Å². The Bertz CT molecular complexity index is 354. The third-order valence-electron chi connectivity index (χ3n) is 7.05. The lowest BCUT2D eigenvalue weighted by atomic mass is 9.50. The second-order valence-electron chi connectivity index (χ2n) is 9.30. The third-order valence-corrected chi connectivity index (χ3v) is 7.05. The molecule has 0 spiro atoms. The van der Waals surface area contributed by atoms with Crippen molar-refractivity contribution < 1.29 is 9.84 Å². The Morgan fingerprint density at radius 1 is 0.913 bits per heavy atom. The topological polar surface area (TPSA) is 32.7 Å². The molecule has 1 saturated heterocycles. The highest BCUT2D eigenvalue weighted by molar-refractivity contribution is 5.01. The molecule has 23 heavy (non-hydrogen) atoms. The van der Waals surface area contributed by atoms with Crippen LogP contribution in [0.5, 0.6) is 0 Å². The van der Waals surface area contributed by atoms with Crippen molar-refractivity contribution >= 4 is 0 Å². The lowest BCUT2D eigenvalue weighted by Crippen LogP contribution is -2.48. The minimum Gasteiger partial charge on any atom is -0.389 e. The van der Waals surface area contributed by atoms with Crippen molar-refractivity contribution in [2.75, 3.05) is 32.8 Å². The van der Waals surface area contributed by atoms with E-state index in [9.17, 15) is 5.11 Å². The second kappa shape index (κ2) is 7.01. The molecule has 1 N–H and O–H groups in total. The van der Waals surface area contributed by atoms with Crippen LogP contribution in [0.15, 0.2) is 0 Å². The molecule has 4 saturated carbocycles. The van der Waals surface area contributed by atoms with Crippen molar-refractivity contribution in [3.05, 3.63) is 0 Å². The summed E-state index contributed by atoms with van der Waals surface area (Å²) in [7, 11) is 0. The first-order valence-corrected chi connectivity index (χ1v) is 10.2. The van der Waals surface area contributed by atoms with Crippen LogP contribution in [0, 0.1) is 23.2 Å². The van der Waals surface area contributed by atoms with Crippen molar-refractivity contribution in [2.24, 2.45) is 23.2 Å². The first-order valence-electron chi connectivity index (χ1n) is 10.2. The maximum absolute atomic E-state index is 10.3. The zero-order chi connectivity index (χ0) is 15.7. The second-order valence-corrected chi connectivity index (χ2v) is 9.30. The molecule has 0 aromatic rings. The van der Waals surface area contributed by atoms with Crippen LogP contribution >= 0.6 is 0 Å². The van der Waals surface area contributed by atoms with Gasteiger partial charge in [0.15, 0.2) is 0 Å². The normalized spacial score (nSPS) is 41.9. The van der Waals surface area contributed by atoms with Gasteiger partial charge in [0, 0.05) is 6.54 Å². The molecule has 0 radical (unpaired) electrons. The number of aliphatic hydroxyl groups is 1. The van der Waals surface area contributed by atoms with Gasteiger partial charge in [0.1, 0.15) is 0 Å². The van der Waals surface area contributed by atoms with E-state index >= 15 is 0 Å². The van der Waals surface area contributed by atoms with Gasteiger partial charge in [-0.25, -0.2) is 0 Å². The molecule has 5 fully saturated rings. The lowest BCUT2D eigenvalue weighted by molar-refractivity contribution is -0.107. The van der Waals surface area contributed by atoms with Gasteiger partial charge in [-0.05, 0) is 87.6 Å². The van der Waals surface area contributed by atoms with Crippen molar-refractivity contribution in [1.29, 1.82) is 0 Å². The highest BCUT2D eigenvalue weighted by Gasteiger charge is 2.50. The molecule has 1 atom stereocenters. The number of nitrogens with zero attached hydrogens (tertiary/aromatic N) is 1. The van der Waals surface area contributed by atoms with Gasteiger partial charge < -0.3 is 14.7 Å². The standard InChI is InChI=1S/C20H35NO2/c22-19(13-21-5-3-1-2-4-6-21)14-23-15-20-10-16-7-17(11-20)9-18(8-16)12-20/h16-19,22H,1-15H2/t16?,17?,18?,19-,20?/m1/s1. The van der Waals surface area contributed by atoms with Crippen LogP contribution < -0.4 is 0 Å². The van der Waals surface area contributed by atoms with E-state index in [0.717, 1.165) is 44.0 Å². The van der Waals surface area contributed by atoms with Crippen molar-refractivity contribution in [2.45, 2.75) is 70.3 Å². The molecule has 5 rings (SSSR count). The van der Waals surface area contributed by atoms with Crippen molar-refractivity contribution in [1.82, 2.24) is 4.90 Å². The van der Waals surface area contributed by atoms with E-state index < -0.39 is 0 Å². The molecule has 0 aromatic heterocycles.